The van der Waals surface area contributed by atoms with Crippen LogP contribution in [0.4, 0.5) is 8.78 Å². The van der Waals surface area contributed by atoms with Crippen molar-refractivity contribution in [2.75, 3.05) is 20.1 Å². The average molecular weight is 484 g/mol. The molecule has 1 aromatic carbocycles. The van der Waals surface area contributed by atoms with E-state index >= 15 is 0 Å². The molecule has 0 saturated carbocycles. The maximum absolute atomic E-state index is 12.5. The van der Waals surface area contributed by atoms with Gasteiger partial charge in [-0.2, -0.15) is 8.78 Å². The molecule has 0 aliphatic heterocycles. The van der Waals surface area contributed by atoms with Gasteiger partial charge in [-0.05, 0) is 33.8 Å². The number of nitrogens with zero attached hydrogens (tertiary/aromatic N) is 2. The third-order valence-electron chi connectivity index (χ3n) is 3.85. The number of aliphatic imine (C=N–C) groups is 1. The lowest BCUT2D eigenvalue weighted by atomic mass is 10.2. The van der Waals surface area contributed by atoms with Gasteiger partial charge in [0, 0.05) is 44.3 Å². The van der Waals surface area contributed by atoms with Crippen LogP contribution in [0.2, 0.25) is 0 Å². The molecule has 5 nitrogen and oxygen atoms in total. The van der Waals surface area contributed by atoms with Crippen LogP contribution in [0.15, 0.2) is 29.3 Å². The molecular weight excluding hydrogens is 453 g/mol. The summed E-state index contributed by atoms with van der Waals surface area (Å²) in [7, 11) is 1.68. The zero-order valence-electron chi connectivity index (χ0n) is 16.1. The van der Waals surface area contributed by atoms with E-state index in [1.54, 1.807) is 25.2 Å². The number of hydrogen-bond acceptors (Lipinski definition) is 3. The molecule has 1 aromatic rings. The Bertz CT molecular complexity index is 534. The minimum atomic E-state index is -2.84. The maximum Gasteiger partial charge on any atom is 0.387 e. The van der Waals surface area contributed by atoms with Crippen LogP contribution in [-0.2, 0) is 6.54 Å². The van der Waals surface area contributed by atoms with Gasteiger partial charge in [0.05, 0.1) is 0 Å². The summed E-state index contributed by atoms with van der Waals surface area (Å²) in [5.74, 6) is 0.797. The number of benzene rings is 1. The lowest BCUT2D eigenvalue weighted by molar-refractivity contribution is -0.0504. The predicted octanol–water partition coefficient (Wildman–Crippen LogP) is 3.69. The molecule has 0 aromatic heterocycles. The lowest BCUT2D eigenvalue weighted by Crippen LogP contribution is -2.45. The SMILES string of the molecule is CN=C(NCCN(C(C)C)C(C)C)NCc1ccccc1OC(F)F.I. The fourth-order valence-electron chi connectivity index (χ4n) is 2.68. The van der Waals surface area contributed by atoms with Crippen molar-refractivity contribution >= 4 is 29.9 Å². The molecule has 0 heterocycles. The molecule has 0 saturated heterocycles. The Labute approximate surface area is 172 Å². The van der Waals surface area contributed by atoms with Crippen LogP contribution in [-0.4, -0.2) is 49.7 Å². The van der Waals surface area contributed by atoms with E-state index < -0.39 is 6.61 Å². The van der Waals surface area contributed by atoms with E-state index in [-0.39, 0.29) is 29.7 Å². The van der Waals surface area contributed by atoms with Crippen LogP contribution >= 0.6 is 24.0 Å². The van der Waals surface area contributed by atoms with Crippen molar-refractivity contribution < 1.29 is 13.5 Å². The quantitative estimate of drug-likeness (QED) is 0.319. The molecule has 150 valence electrons. The molecule has 0 aliphatic rings. The molecule has 1 rings (SSSR count). The van der Waals surface area contributed by atoms with Gasteiger partial charge in [0.25, 0.3) is 0 Å². The van der Waals surface area contributed by atoms with Crippen LogP contribution in [0.5, 0.6) is 5.75 Å². The van der Waals surface area contributed by atoms with Crippen molar-refractivity contribution in [3.05, 3.63) is 29.8 Å². The molecule has 0 spiro atoms. The number of nitrogens with one attached hydrogen (secondary N) is 2. The molecule has 0 amide bonds. The lowest BCUT2D eigenvalue weighted by Gasteiger charge is -2.30. The Kier molecular flexibility index (Phi) is 12.5. The van der Waals surface area contributed by atoms with Crippen LogP contribution in [0.25, 0.3) is 0 Å². The number of para-hydroxylation sites is 1. The number of halogens is 3. The van der Waals surface area contributed by atoms with Crippen molar-refractivity contribution in [3.63, 3.8) is 0 Å². The Morgan fingerprint density at radius 2 is 1.73 bits per heavy atom. The highest BCUT2D eigenvalue weighted by Crippen LogP contribution is 2.19. The average Bonchev–Trinajstić information content (AvgIpc) is 2.54. The second-order valence-corrected chi connectivity index (χ2v) is 6.26. The number of alkyl halides is 2. The van der Waals surface area contributed by atoms with Gasteiger partial charge >= 0.3 is 6.61 Å². The van der Waals surface area contributed by atoms with Crippen LogP contribution in [0.3, 0.4) is 0 Å². The maximum atomic E-state index is 12.5. The van der Waals surface area contributed by atoms with Gasteiger partial charge in [0.1, 0.15) is 5.75 Å². The fourth-order valence-corrected chi connectivity index (χ4v) is 2.68. The zero-order chi connectivity index (χ0) is 18.8. The van der Waals surface area contributed by atoms with Gasteiger partial charge < -0.3 is 15.4 Å². The number of guanidine groups is 1. The number of rotatable bonds is 9. The summed E-state index contributed by atoms with van der Waals surface area (Å²) < 4.78 is 29.4. The molecular formula is C18H31F2IN4O. The highest BCUT2D eigenvalue weighted by molar-refractivity contribution is 14.0. The molecule has 0 aliphatic carbocycles. The van der Waals surface area contributed by atoms with Crippen LogP contribution < -0.4 is 15.4 Å². The molecule has 0 radical (unpaired) electrons. The van der Waals surface area contributed by atoms with Gasteiger partial charge in [0.2, 0.25) is 0 Å². The third-order valence-corrected chi connectivity index (χ3v) is 3.85. The third kappa shape index (κ3) is 8.98. The molecule has 0 unspecified atom stereocenters. The van der Waals surface area contributed by atoms with Gasteiger partial charge in [-0.3, -0.25) is 9.89 Å². The standard InChI is InChI=1S/C18H30F2N4O.HI/c1-13(2)24(14(3)4)11-10-22-18(21-5)23-12-15-8-6-7-9-16(15)25-17(19)20;/h6-9,13-14,17H,10-12H2,1-5H3,(H2,21,22,23);1H. The first-order valence-corrected chi connectivity index (χ1v) is 8.58. The van der Waals surface area contributed by atoms with Crippen molar-refractivity contribution in [2.45, 2.75) is 52.9 Å². The molecule has 8 heteroatoms. The Hall–Kier alpha value is -1.16. The summed E-state index contributed by atoms with van der Waals surface area (Å²) in [5, 5.41) is 6.38. The predicted molar refractivity (Wildman–Crippen MR) is 114 cm³/mol. The van der Waals surface area contributed by atoms with Crippen molar-refractivity contribution in [3.8, 4) is 5.75 Å². The summed E-state index contributed by atoms with van der Waals surface area (Å²) in [4.78, 5) is 6.55. The normalized spacial score (nSPS) is 11.9. The van der Waals surface area contributed by atoms with Gasteiger partial charge in [-0.25, -0.2) is 0 Å². The first-order chi connectivity index (χ1) is 11.8. The smallest absolute Gasteiger partial charge is 0.387 e. The van der Waals surface area contributed by atoms with E-state index in [0.717, 1.165) is 13.1 Å². The van der Waals surface area contributed by atoms with Crippen LogP contribution in [0.1, 0.15) is 33.3 Å². The molecule has 0 atom stereocenters. The minimum absolute atomic E-state index is 0. The first-order valence-electron chi connectivity index (χ1n) is 8.58. The Morgan fingerprint density at radius 3 is 2.27 bits per heavy atom. The summed E-state index contributed by atoms with van der Waals surface area (Å²) in [6.45, 7) is 7.84. The van der Waals surface area contributed by atoms with Gasteiger partial charge in [-0.15, -0.1) is 24.0 Å². The summed E-state index contributed by atoms with van der Waals surface area (Å²) in [6.07, 6.45) is 0. The van der Waals surface area contributed by atoms with Gasteiger partial charge in [0.15, 0.2) is 5.96 Å². The topological polar surface area (TPSA) is 48.9 Å². The number of hydrogen-bond donors (Lipinski definition) is 2. The Balaban J connectivity index is 0.00000625. The van der Waals surface area contributed by atoms with Crippen molar-refractivity contribution in [1.29, 1.82) is 0 Å². The first kappa shape index (κ1) is 24.8. The molecule has 26 heavy (non-hydrogen) atoms. The minimum Gasteiger partial charge on any atom is -0.434 e. The second-order valence-electron chi connectivity index (χ2n) is 6.26. The number of ether oxygens (including phenoxy) is 1. The fraction of sp³-hybridized carbons (Fsp3) is 0.611. The highest BCUT2D eigenvalue weighted by Gasteiger charge is 2.13. The summed E-state index contributed by atoms with van der Waals surface area (Å²) >= 11 is 0. The van der Waals surface area contributed by atoms with E-state index in [2.05, 4.69) is 53.0 Å². The summed E-state index contributed by atoms with van der Waals surface area (Å²) in [6, 6.07) is 7.67. The van der Waals surface area contributed by atoms with Crippen LogP contribution in [0, 0.1) is 0 Å². The summed E-state index contributed by atoms with van der Waals surface area (Å²) in [5.41, 5.74) is 0.650. The van der Waals surface area contributed by atoms with E-state index in [4.69, 9.17) is 0 Å². The monoisotopic (exact) mass is 484 g/mol. The zero-order valence-corrected chi connectivity index (χ0v) is 18.5. The van der Waals surface area contributed by atoms with Crippen molar-refractivity contribution in [1.82, 2.24) is 15.5 Å². The molecule has 2 N–H and O–H groups in total. The van der Waals surface area contributed by atoms with Crippen molar-refractivity contribution in [2.24, 2.45) is 4.99 Å². The Morgan fingerprint density at radius 1 is 1.12 bits per heavy atom. The van der Waals surface area contributed by atoms with E-state index in [1.165, 1.54) is 6.07 Å². The largest absolute Gasteiger partial charge is 0.434 e. The van der Waals surface area contributed by atoms with Gasteiger partial charge in [-0.1, -0.05) is 18.2 Å². The molecule has 0 fully saturated rings. The molecule has 0 bridgehead atoms. The second kappa shape index (κ2) is 13.1. The van der Waals surface area contributed by atoms with E-state index in [0.29, 0.717) is 30.2 Å². The van der Waals surface area contributed by atoms with E-state index in [9.17, 15) is 8.78 Å². The highest BCUT2D eigenvalue weighted by atomic mass is 127. The van der Waals surface area contributed by atoms with E-state index in [1.807, 2.05) is 0 Å².